The van der Waals surface area contributed by atoms with E-state index in [9.17, 15) is 14.4 Å². The predicted octanol–water partition coefficient (Wildman–Crippen LogP) is 5.09. The maximum atomic E-state index is 12.8. The molecule has 4 rings (SSSR count). The average molecular weight is 447 g/mol. The molecule has 0 radical (unpaired) electrons. The van der Waals surface area contributed by atoms with Gasteiger partial charge in [0.25, 0.3) is 17.7 Å². The highest BCUT2D eigenvalue weighted by atomic mass is 35.5. The second-order valence-electron chi connectivity index (χ2n) is 6.06. The van der Waals surface area contributed by atoms with Crippen LogP contribution in [0.2, 0.25) is 15.1 Å². The van der Waals surface area contributed by atoms with Crippen LogP contribution in [0.3, 0.4) is 0 Å². The number of amides is 3. The van der Waals surface area contributed by atoms with E-state index < -0.39 is 17.7 Å². The largest absolute Gasteiger partial charge is 0.321 e. The summed E-state index contributed by atoms with van der Waals surface area (Å²) in [5, 5.41) is 3.00. The maximum absolute atomic E-state index is 12.8. The zero-order chi connectivity index (χ0) is 20.7. The Morgan fingerprint density at radius 1 is 0.862 bits per heavy atom. The fraction of sp³-hybridized carbons (Fsp3) is 0. The van der Waals surface area contributed by atoms with Crippen LogP contribution in [0.1, 0.15) is 31.2 Å². The number of hydrogen-bond acceptors (Lipinski definition) is 4. The van der Waals surface area contributed by atoms with Crippen LogP contribution in [0.4, 0.5) is 11.4 Å². The van der Waals surface area contributed by atoms with Crippen LogP contribution in [-0.2, 0) is 0 Å². The lowest BCUT2D eigenvalue weighted by Gasteiger charge is -2.16. The molecule has 0 saturated heterocycles. The molecule has 0 aliphatic carbocycles. The van der Waals surface area contributed by atoms with Crippen LogP contribution in [0.15, 0.2) is 54.7 Å². The molecule has 1 N–H and O–H groups in total. The molecule has 0 bridgehead atoms. The topological polar surface area (TPSA) is 79.4 Å². The van der Waals surface area contributed by atoms with Gasteiger partial charge in [-0.2, -0.15) is 0 Å². The van der Waals surface area contributed by atoms with Crippen LogP contribution < -0.4 is 10.2 Å². The molecule has 0 fully saturated rings. The molecule has 0 spiro atoms. The summed E-state index contributed by atoms with van der Waals surface area (Å²) in [4.78, 5) is 42.7. The standard InChI is InChI=1S/C20H10Cl3N3O3/c21-11-5-6-12(22)17-16(11)19(28)26(20(17)29)15-7-4-10(9-13(15)23)25-18(27)14-3-1-2-8-24-14/h1-9H,(H,25,27). The van der Waals surface area contributed by atoms with Gasteiger partial charge in [0.15, 0.2) is 0 Å². The molecule has 29 heavy (non-hydrogen) atoms. The van der Waals surface area contributed by atoms with Crippen molar-refractivity contribution < 1.29 is 14.4 Å². The van der Waals surface area contributed by atoms with Gasteiger partial charge in [-0.25, -0.2) is 4.90 Å². The number of hydrogen-bond donors (Lipinski definition) is 1. The first-order valence-corrected chi connectivity index (χ1v) is 9.40. The van der Waals surface area contributed by atoms with E-state index in [1.807, 2.05) is 0 Å². The van der Waals surface area contributed by atoms with Crippen molar-refractivity contribution in [3.05, 3.63) is 86.6 Å². The second kappa shape index (κ2) is 7.48. The monoisotopic (exact) mass is 445 g/mol. The molecule has 0 saturated carbocycles. The molecule has 3 amide bonds. The van der Waals surface area contributed by atoms with Gasteiger partial charge in [0.05, 0.1) is 31.9 Å². The number of carbonyl (C=O) groups is 3. The van der Waals surface area contributed by atoms with Crippen molar-refractivity contribution in [2.45, 2.75) is 0 Å². The number of rotatable bonds is 3. The lowest BCUT2D eigenvalue weighted by molar-refractivity contribution is 0.0925. The van der Waals surface area contributed by atoms with Crippen LogP contribution in [0.25, 0.3) is 0 Å². The Labute approximate surface area is 180 Å². The zero-order valence-electron chi connectivity index (χ0n) is 14.4. The summed E-state index contributed by atoms with van der Waals surface area (Å²) in [5.74, 6) is -1.66. The fourth-order valence-corrected chi connectivity index (χ4v) is 3.70. The molecule has 0 atom stereocenters. The highest BCUT2D eigenvalue weighted by molar-refractivity contribution is 6.47. The summed E-state index contributed by atoms with van der Waals surface area (Å²) in [7, 11) is 0. The van der Waals surface area contributed by atoms with Crippen LogP contribution >= 0.6 is 34.8 Å². The number of benzene rings is 2. The number of fused-ring (bicyclic) bond motifs is 1. The van der Waals surface area contributed by atoms with Crippen LogP contribution in [0.5, 0.6) is 0 Å². The van der Waals surface area contributed by atoms with Crippen LogP contribution in [-0.4, -0.2) is 22.7 Å². The number of nitrogens with one attached hydrogen (secondary N) is 1. The minimum Gasteiger partial charge on any atom is -0.321 e. The van der Waals surface area contributed by atoms with E-state index in [1.165, 1.54) is 36.5 Å². The summed E-state index contributed by atoms with van der Waals surface area (Å²) >= 11 is 18.5. The number of anilines is 2. The van der Waals surface area contributed by atoms with E-state index in [1.54, 1.807) is 18.2 Å². The van der Waals surface area contributed by atoms with E-state index in [0.29, 0.717) is 5.69 Å². The smallest absolute Gasteiger partial charge is 0.274 e. The van der Waals surface area contributed by atoms with Gasteiger partial charge in [-0.15, -0.1) is 0 Å². The van der Waals surface area contributed by atoms with Gasteiger partial charge in [-0.05, 0) is 42.5 Å². The third kappa shape index (κ3) is 3.35. The van der Waals surface area contributed by atoms with Gasteiger partial charge >= 0.3 is 0 Å². The van der Waals surface area contributed by atoms with Gasteiger partial charge in [0.2, 0.25) is 0 Å². The Morgan fingerprint density at radius 2 is 1.52 bits per heavy atom. The number of carbonyl (C=O) groups excluding carboxylic acids is 3. The van der Waals surface area contributed by atoms with Gasteiger partial charge in [-0.1, -0.05) is 40.9 Å². The molecular formula is C20H10Cl3N3O3. The Bertz CT molecular complexity index is 1140. The number of imide groups is 1. The summed E-state index contributed by atoms with van der Waals surface area (Å²) in [6.07, 6.45) is 1.50. The SMILES string of the molecule is O=C(Nc1ccc(N2C(=O)c3c(Cl)ccc(Cl)c3C2=O)c(Cl)c1)c1ccccn1. The predicted molar refractivity (Wildman–Crippen MR) is 111 cm³/mol. The number of pyridine rings is 1. The summed E-state index contributed by atoms with van der Waals surface area (Å²) in [6, 6.07) is 12.3. The normalized spacial score (nSPS) is 12.9. The Morgan fingerprint density at radius 3 is 2.07 bits per heavy atom. The van der Waals surface area contributed by atoms with Crippen molar-refractivity contribution in [2.24, 2.45) is 0 Å². The summed E-state index contributed by atoms with van der Waals surface area (Å²) in [6.45, 7) is 0. The quantitative estimate of drug-likeness (QED) is 0.568. The molecule has 1 aliphatic rings. The Balaban J connectivity index is 1.65. The maximum Gasteiger partial charge on any atom is 0.274 e. The van der Waals surface area contributed by atoms with E-state index in [4.69, 9.17) is 34.8 Å². The van der Waals surface area contributed by atoms with E-state index in [2.05, 4.69) is 10.3 Å². The first-order valence-electron chi connectivity index (χ1n) is 8.27. The minimum atomic E-state index is -0.621. The van der Waals surface area contributed by atoms with Gasteiger partial charge in [-0.3, -0.25) is 19.4 Å². The number of halogens is 3. The molecule has 1 aromatic heterocycles. The van der Waals surface area contributed by atoms with Gasteiger partial charge < -0.3 is 5.32 Å². The van der Waals surface area contributed by atoms with Gasteiger partial charge in [0.1, 0.15) is 5.69 Å². The summed E-state index contributed by atoms with van der Waals surface area (Å²) < 4.78 is 0. The summed E-state index contributed by atoms with van der Waals surface area (Å²) in [5.41, 5.74) is 0.834. The highest BCUT2D eigenvalue weighted by Crippen LogP contribution is 2.39. The molecule has 2 heterocycles. The number of aromatic nitrogens is 1. The first-order chi connectivity index (χ1) is 13.9. The molecule has 144 valence electrons. The van der Waals surface area contributed by atoms with Crippen molar-refractivity contribution >= 4 is 63.9 Å². The molecule has 0 unspecified atom stereocenters. The molecule has 9 heteroatoms. The lowest BCUT2D eigenvalue weighted by atomic mass is 10.1. The third-order valence-electron chi connectivity index (χ3n) is 4.28. The van der Waals surface area contributed by atoms with E-state index in [0.717, 1.165) is 4.90 Å². The van der Waals surface area contributed by atoms with Crippen molar-refractivity contribution in [1.82, 2.24) is 4.98 Å². The average Bonchev–Trinajstić information content (AvgIpc) is 2.97. The molecular weight excluding hydrogens is 437 g/mol. The van der Waals surface area contributed by atoms with Crippen LogP contribution in [0, 0.1) is 0 Å². The Hall–Kier alpha value is -2.93. The van der Waals surface area contributed by atoms with Crippen molar-refractivity contribution in [3.8, 4) is 0 Å². The lowest BCUT2D eigenvalue weighted by Crippen LogP contribution is -2.29. The molecule has 2 aromatic carbocycles. The fourth-order valence-electron chi connectivity index (χ4n) is 2.96. The van der Waals surface area contributed by atoms with E-state index in [-0.39, 0.29) is 37.6 Å². The van der Waals surface area contributed by atoms with E-state index >= 15 is 0 Å². The highest BCUT2D eigenvalue weighted by Gasteiger charge is 2.41. The zero-order valence-corrected chi connectivity index (χ0v) is 16.7. The molecule has 1 aliphatic heterocycles. The Kier molecular flexibility index (Phi) is 5.00. The number of nitrogens with zero attached hydrogens (tertiary/aromatic N) is 2. The van der Waals surface area contributed by atoms with Crippen molar-refractivity contribution in [3.63, 3.8) is 0 Å². The third-order valence-corrected chi connectivity index (χ3v) is 5.21. The molecule has 3 aromatic rings. The van der Waals surface area contributed by atoms with Gasteiger partial charge in [0, 0.05) is 11.9 Å². The molecule has 6 nitrogen and oxygen atoms in total. The van der Waals surface area contributed by atoms with Crippen molar-refractivity contribution in [2.75, 3.05) is 10.2 Å². The second-order valence-corrected chi connectivity index (χ2v) is 7.28. The first kappa shape index (κ1) is 19.4. The van der Waals surface area contributed by atoms with Crippen molar-refractivity contribution in [1.29, 1.82) is 0 Å². The minimum absolute atomic E-state index is 0.0350.